The van der Waals surface area contributed by atoms with Crippen LogP contribution in [0.3, 0.4) is 0 Å². The number of nitrogens with one attached hydrogen (secondary N) is 1. The van der Waals surface area contributed by atoms with E-state index in [0.29, 0.717) is 6.04 Å². The zero-order chi connectivity index (χ0) is 13.9. The monoisotopic (exact) mass is 265 g/mol. The second-order valence-electron chi connectivity index (χ2n) is 5.32. The van der Waals surface area contributed by atoms with Crippen LogP contribution in [-0.4, -0.2) is 6.04 Å². The van der Waals surface area contributed by atoms with E-state index in [-0.39, 0.29) is 0 Å². The van der Waals surface area contributed by atoms with Gasteiger partial charge in [-0.15, -0.1) is 0 Å². The lowest BCUT2D eigenvalue weighted by atomic mass is 9.98. The van der Waals surface area contributed by atoms with E-state index < -0.39 is 0 Å². The summed E-state index contributed by atoms with van der Waals surface area (Å²) >= 11 is 0. The number of rotatable bonds is 4. The molecule has 2 aromatic carbocycles. The minimum absolute atomic E-state index is 0.445. The molecule has 0 atom stereocenters. The van der Waals surface area contributed by atoms with Crippen molar-refractivity contribution in [3.63, 3.8) is 0 Å². The highest BCUT2D eigenvalue weighted by molar-refractivity contribution is 5.96. The molecule has 0 aliphatic carbocycles. The maximum absolute atomic E-state index is 5.66. The van der Waals surface area contributed by atoms with Gasteiger partial charge in [-0.25, -0.2) is 0 Å². The highest BCUT2D eigenvalue weighted by Crippen LogP contribution is 2.31. The van der Waals surface area contributed by atoms with Crippen molar-refractivity contribution in [2.75, 3.05) is 0 Å². The number of benzene rings is 2. The average molecular weight is 265 g/mol. The van der Waals surface area contributed by atoms with Crippen molar-refractivity contribution < 1.29 is 4.42 Å². The molecule has 2 nitrogen and oxygen atoms in total. The highest BCUT2D eigenvalue weighted by atomic mass is 16.3. The Morgan fingerprint density at radius 1 is 0.950 bits per heavy atom. The predicted octanol–water partition coefficient (Wildman–Crippen LogP) is 4.60. The molecule has 0 saturated carbocycles. The zero-order valence-electron chi connectivity index (χ0n) is 11.9. The lowest BCUT2D eigenvalue weighted by molar-refractivity contribution is 0.466. The Bertz CT molecular complexity index is 707. The fourth-order valence-corrected chi connectivity index (χ4v) is 2.47. The first-order chi connectivity index (χ1) is 9.75. The topological polar surface area (TPSA) is 25.2 Å². The van der Waals surface area contributed by atoms with E-state index in [2.05, 4.69) is 67.7 Å². The summed E-state index contributed by atoms with van der Waals surface area (Å²) in [6, 6.07) is 17.4. The normalized spacial score (nSPS) is 11.3. The summed E-state index contributed by atoms with van der Waals surface area (Å²) in [5.74, 6) is 0.995. The first-order valence-electron chi connectivity index (χ1n) is 7.03. The van der Waals surface area contributed by atoms with Gasteiger partial charge in [0, 0.05) is 11.6 Å². The van der Waals surface area contributed by atoms with Crippen LogP contribution in [0.2, 0.25) is 0 Å². The van der Waals surface area contributed by atoms with Crippen LogP contribution < -0.4 is 5.32 Å². The van der Waals surface area contributed by atoms with Gasteiger partial charge in [0.05, 0.1) is 12.8 Å². The molecule has 1 aromatic heterocycles. The molecule has 2 heteroatoms. The molecule has 0 saturated heterocycles. The molecule has 0 spiro atoms. The number of fused-ring (bicyclic) bond motifs is 1. The molecule has 0 fully saturated rings. The van der Waals surface area contributed by atoms with Crippen LogP contribution in [0.25, 0.3) is 21.9 Å². The molecular weight excluding hydrogens is 246 g/mol. The maximum Gasteiger partial charge on any atom is 0.125 e. The van der Waals surface area contributed by atoms with E-state index in [1.165, 1.54) is 21.9 Å². The molecule has 1 N–H and O–H groups in total. The van der Waals surface area contributed by atoms with Crippen molar-refractivity contribution in [3.05, 3.63) is 60.6 Å². The zero-order valence-corrected chi connectivity index (χ0v) is 11.9. The van der Waals surface area contributed by atoms with Gasteiger partial charge in [0.1, 0.15) is 5.76 Å². The Morgan fingerprint density at radius 2 is 1.75 bits per heavy atom. The molecule has 20 heavy (non-hydrogen) atoms. The Hall–Kier alpha value is -2.06. The van der Waals surface area contributed by atoms with Crippen molar-refractivity contribution in [3.8, 4) is 11.1 Å². The largest absolute Gasteiger partial charge is 0.467 e. The Kier molecular flexibility index (Phi) is 3.57. The van der Waals surface area contributed by atoms with E-state index in [1.54, 1.807) is 6.26 Å². The van der Waals surface area contributed by atoms with E-state index in [1.807, 2.05) is 0 Å². The summed E-state index contributed by atoms with van der Waals surface area (Å²) in [6.07, 6.45) is 1.77. The summed E-state index contributed by atoms with van der Waals surface area (Å²) in [7, 11) is 0. The van der Waals surface area contributed by atoms with Gasteiger partial charge in [0.15, 0.2) is 0 Å². The SMILES string of the molecule is CC(C)NCc1occc1-c1cccc2ccccc12. The van der Waals surface area contributed by atoms with Crippen LogP contribution in [0.4, 0.5) is 0 Å². The summed E-state index contributed by atoms with van der Waals surface area (Å²) < 4.78 is 5.66. The third-order valence-electron chi connectivity index (χ3n) is 3.50. The average Bonchev–Trinajstić information content (AvgIpc) is 2.92. The Labute approximate surface area is 119 Å². The fraction of sp³-hybridized carbons (Fsp3) is 0.222. The minimum Gasteiger partial charge on any atom is -0.467 e. The molecule has 1 heterocycles. The van der Waals surface area contributed by atoms with Gasteiger partial charge in [-0.3, -0.25) is 0 Å². The van der Waals surface area contributed by atoms with Gasteiger partial charge in [-0.2, -0.15) is 0 Å². The summed E-state index contributed by atoms with van der Waals surface area (Å²) in [6.45, 7) is 5.03. The van der Waals surface area contributed by atoms with Crippen LogP contribution in [-0.2, 0) is 6.54 Å². The van der Waals surface area contributed by atoms with Gasteiger partial charge >= 0.3 is 0 Å². The van der Waals surface area contributed by atoms with Gasteiger partial charge in [0.25, 0.3) is 0 Å². The van der Waals surface area contributed by atoms with Gasteiger partial charge < -0.3 is 9.73 Å². The second kappa shape index (κ2) is 5.51. The minimum atomic E-state index is 0.445. The first-order valence-corrected chi connectivity index (χ1v) is 7.03. The van der Waals surface area contributed by atoms with Crippen LogP contribution in [0.5, 0.6) is 0 Å². The summed E-state index contributed by atoms with van der Waals surface area (Å²) in [4.78, 5) is 0. The Morgan fingerprint density at radius 3 is 2.60 bits per heavy atom. The maximum atomic E-state index is 5.66. The summed E-state index contributed by atoms with van der Waals surface area (Å²) in [5, 5.41) is 5.94. The van der Waals surface area contributed by atoms with Crippen molar-refractivity contribution in [1.82, 2.24) is 5.32 Å². The van der Waals surface area contributed by atoms with Gasteiger partial charge in [-0.1, -0.05) is 56.3 Å². The standard InChI is InChI=1S/C18H19NO/c1-13(2)19-12-18-17(10-11-20-18)16-9-5-7-14-6-3-4-8-15(14)16/h3-11,13,19H,12H2,1-2H3. The molecule has 3 aromatic rings. The fourth-order valence-electron chi connectivity index (χ4n) is 2.47. The third kappa shape index (κ3) is 2.47. The van der Waals surface area contributed by atoms with Crippen LogP contribution in [0.1, 0.15) is 19.6 Å². The van der Waals surface area contributed by atoms with Crippen molar-refractivity contribution in [2.24, 2.45) is 0 Å². The first kappa shape index (κ1) is 12.9. The number of furan rings is 1. The highest BCUT2D eigenvalue weighted by Gasteiger charge is 2.11. The van der Waals surface area contributed by atoms with Crippen molar-refractivity contribution in [1.29, 1.82) is 0 Å². The molecule has 0 aliphatic rings. The third-order valence-corrected chi connectivity index (χ3v) is 3.50. The van der Waals surface area contributed by atoms with E-state index in [4.69, 9.17) is 4.42 Å². The van der Waals surface area contributed by atoms with Gasteiger partial charge in [0.2, 0.25) is 0 Å². The van der Waals surface area contributed by atoms with Crippen LogP contribution >= 0.6 is 0 Å². The molecule has 3 rings (SSSR count). The lowest BCUT2D eigenvalue weighted by Crippen LogP contribution is -2.21. The van der Waals surface area contributed by atoms with Gasteiger partial charge in [-0.05, 0) is 22.4 Å². The molecule has 0 aliphatic heterocycles. The quantitative estimate of drug-likeness (QED) is 0.746. The second-order valence-corrected chi connectivity index (χ2v) is 5.32. The van der Waals surface area contributed by atoms with Crippen molar-refractivity contribution in [2.45, 2.75) is 26.4 Å². The van der Waals surface area contributed by atoms with E-state index >= 15 is 0 Å². The summed E-state index contributed by atoms with van der Waals surface area (Å²) in [5.41, 5.74) is 2.41. The molecule has 0 radical (unpaired) electrons. The van der Waals surface area contributed by atoms with E-state index in [0.717, 1.165) is 12.3 Å². The number of hydrogen-bond acceptors (Lipinski definition) is 2. The van der Waals surface area contributed by atoms with Crippen LogP contribution in [0.15, 0.2) is 59.2 Å². The molecular formula is C18H19NO. The molecule has 102 valence electrons. The number of hydrogen-bond donors (Lipinski definition) is 1. The smallest absolute Gasteiger partial charge is 0.125 e. The predicted molar refractivity (Wildman–Crippen MR) is 83.6 cm³/mol. The van der Waals surface area contributed by atoms with Crippen molar-refractivity contribution >= 4 is 10.8 Å². The molecule has 0 bridgehead atoms. The Balaban J connectivity index is 2.05. The molecule has 0 amide bonds. The lowest BCUT2D eigenvalue weighted by Gasteiger charge is -2.09. The van der Waals surface area contributed by atoms with Crippen LogP contribution in [0, 0.1) is 0 Å². The van der Waals surface area contributed by atoms with E-state index in [9.17, 15) is 0 Å². The molecule has 0 unspecified atom stereocenters.